The molecular weight excluding hydrogens is 760 g/mol. The smallest absolute Gasteiger partial charge is 0.430 e. The lowest BCUT2D eigenvalue weighted by molar-refractivity contribution is -0.376. The van der Waals surface area contributed by atoms with E-state index in [1.54, 1.807) is 0 Å². The van der Waals surface area contributed by atoms with Gasteiger partial charge in [-0.2, -0.15) is 26.3 Å². The summed E-state index contributed by atoms with van der Waals surface area (Å²) in [5.74, 6) is 1.80. The lowest BCUT2D eigenvalue weighted by atomic mass is 9.64. The van der Waals surface area contributed by atoms with Gasteiger partial charge in [-0.1, -0.05) is 30.4 Å². The molecule has 0 radical (unpaired) electrons. The number of aromatic nitrogens is 1. The molecule has 2 aliphatic carbocycles. The number of fused-ring (bicyclic) bond motifs is 2. The van der Waals surface area contributed by atoms with Crippen LogP contribution in [0.15, 0.2) is 28.5 Å². The van der Waals surface area contributed by atoms with Crippen LogP contribution >= 0.6 is 11.3 Å². The second-order valence-electron chi connectivity index (χ2n) is 13.4. The van der Waals surface area contributed by atoms with Crippen LogP contribution in [0.3, 0.4) is 0 Å². The summed E-state index contributed by atoms with van der Waals surface area (Å²) in [6.07, 6.45) is -5.72. The third kappa shape index (κ3) is 11.7. The summed E-state index contributed by atoms with van der Waals surface area (Å²) in [7, 11) is -4.45. The molecule has 2 unspecified atom stereocenters. The quantitative estimate of drug-likeness (QED) is 0.0934. The first-order valence-corrected chi connectivity index (χ1v) is 19.2. The van der Waals surface area contributed by atoms with Crippen molar-refractivity contribution in [3.05, 3.63) is 35.5 Å². The number of nitrogens with one attached hydrogen (secondary N) is 2. The zero-order valence-electron chi connectivity index (χ0n) is 29.1. The van der Waals surface area contributed by atoms with Crippen molar-refractivity contribution in [2.45, 2.75) is 74.5 Å². The average molecular weight is 804 g/mol. The Labute approximate surface area is 307 Å². The van der Waals surface area contributed by atoms with Crippen molar-refractivity contribution in [1.82, 2.24) is 4.98 Å². The highest BCUT2D eigenvalue weighted by Gasteiger charge is 2.71. The first-order valence-electron chi connectivity index (χ1n) is 16.9. The number of hydrogen-bond acceptors (Lipinski definition) is 11. The summed E-state index contributed by atoms with van der Waals surface area (Å²) in [5.41, 5.74) is -7.18. The molecule has 2 bridgehead atoms. The first kappa shape index (κ1) is 42.7. The average Bonchev–Trinajstić information content (AvgIpc) is 3.42. The van der Waals surface area contributed by atoms with Gasteiger partial charge in [0.1, 0.15) is 13.2 Å². The van der Waals surface area contributed by atoms with Gasteiger partial charge in [0.25, 0.3) is 21.5 Å². The summed E-state index contributed by atoms with van der Waals surface area (Å²) >= 11 is 0.546. The molecule has 0 aliphatic heterocycles. The van der Waals surface area contributed by atoms with Crippen LogP contribution < -0.4 is 10.0 Å². The van der Waals surface area contributed by atoms with Gasteiger partial charge in [-0.25, -0.2) is 13.4 Å². The monoisotopic (exact) mass is 803 g/mol. The largest absolute Gasteiger partial charge is 0.463 e. The highest BCUT2D eigenvalue weighted by molar-refractivity contribution is 7.94. The third-order valence-corrected chi connectivity index (χ3v) is 12.1. The number of sulfonamides is 1. The predicted molar refractivity (Wildman–Crippen MR) is 179 cm³/mol. The Bertz CT molecular complexity index is 1610. The standard InChI is InChI=1S/C33H43F6N3O9S2/c1-20-13-22-15-23(14-20)17-24(16-22)18-28(44)51-12-11-49-8-7-48-9-10-50-19-27(43)41-30-40-21(2)29(52-30)53(46,47)42-26-5-3-25(4-6-26)31(45,32(34,35)36)33(37,38)39/h3-6,20,22-24,42,45H,7-19H2,1-2H3,(H,40,41,43). The summed E-state index contributed by atoms with van der Waals surface area (Å²) in [6, 6.07) is 1.85. The van der Waals surface area contributed by atoms with Crippen molar-refractivity contribution in [2.75, 3.05) is 56.3 Å². The van der Waals surface area contributed by atoms with Crippen molar-refractivity contribution in [3.63, 3.8) is 0 Å². The molecule has 1 heterocycles. The van der Waals surface area contributed by atoms with Gasteiger partial charge in [-0.05, 0) is 74.8 Å². The van der Waals surface area contributed by atoms with E-state index in [0.717, 1.165) is 30.6 Å². The number of esters is 1. The molecule has 53 heavy (non-hydrogen) atoms. The first-order chi connectivity index (χ1) is 24.8. The number of amides is 1. The van der Waals surface area contributed by atoms with E-state index in [9.17, 15) is 49.5 Å². The minimum absolute atomic E-state index is 0.0510. The summed E-state index contributed by atoms with van der Waals surface area (Å²) in [6.45, 7) is 4.31. The Hall–Kier alpha value is -3.04. The Morgan fingerprint density at radius 2 is 1.42 bits per heavy atom. The second-order valence-corrected chi connectivity index (χ2v) is 16.3. The van der Waals surface area contributed by atoms with Gasteiger partial charge in [-0.3, -0.25) is 19.6 Å². The molecule has 2 aliphatic rings. The molecule has 3 N–H and O–H groups in total. The lowest BCUT2D eigenvalue weighted by Crippen LogP contribution is -2.53. The Kier molecular flexibility index (Phi) is 14.6. The number of carbonyl (C=O) groups is 2. The zero-order valence-corrected chi connectivity index (χ0v) is 30.7. The topological polar surface area (TPSA) is 162 Å². The van der Waals surface area contributed by atoms with Crippen LogP contribution in [0.5, 0.6) is 0 Å². The van der Waals surface area contributed by atoms with Gasteiger partial charge in [0.2, 0.25) is 0 Å². The molecule has 2 fully saturated rings. The number of anilines is 2. The van der Waals surface area contributed by atoms with Crippen LogP contribution in [-0.2, 0) is 44.2 Å². The third-order valence-electron chi connectivity index (χ3n) is 9.01. The van der Waals surface area contributed by atoms with Crippen LogP contribution in [-0.4, -0.2) is 89.0 Å². The Morgan fingerprint density at radius 1 is 0.868 bits per heavy atom. The maximum absolute atomic E-state index is 13.1. The van der Waals surface area contributed by atoms with E-state index in [0.29, 0.717) is 47.9 Å². The number of carbonyl (C=O) groups excluding carboxylic acids is 2. The number of halogens is 6. The van der Waals surface area contributed by atoms with E-state index in [4.69, 9.17) is 18.9 Å². The SMILES string of the molecule is Cc1nc(NC(=O)COCCOCCOCCOC(=O)CC2CC3CC(C)CC(C2)C3)sc1S(=O)(=O)Nc1ccc(C(O)(C(F)(F)F)C(F)(F)F)cc1. The molecule has 2 aromatic rings. The van der Waals surface area contributed by atoms with Crippen LogP contribution in [0.2, 0.25) is 0 Å². The summed E-state index contributed by atoms with van der Waals surface area (Å²) in [4.78, 5) is 28.5. The van der Waals surface area contributed by atoms with E-state index in [-0.39, 0.29) is 60.6 Å². The van der Waals surface area contributed by atoms with Gasteiger partial charge >= 0.3 is 18.3 Å². The van der Waals surface area contributed by atoms with E-state index in [1.807, 2.05) is 4.72 Å². The number of benzene rings is 1. The number of hydrogen-bond donors (Lipinski definition) is 3. The van der Waals surface area contributed by atoms with Crippen molar-refractivity contribution in [3.8, 4) is 0 Å². The van der Waals surface area contributed by atoms with Gasteiger partial charge in [0.05, 0.1) is 38.7 Å². The summed E-state index contributed by atoms with van der Waals surface area (Å²) < 4.78 is 128. The number of nitrogens with zero attached hydrogens (tertiary/aromatic N) is 1. The molecule has 12 nitrogen and oxygen atoms in total. The van der Waals surface area contributed by atoms with Crippen LogP contribution in [0.25, 0.3) is 0 Å². The maximum atomic E-state index is 13.1. The van der Waals surface area contributed by atoms with E-state index >= 15 is 0 Å². The molecule has 20 heteroatoms. The lowest BCUT2D eigenvalue weighted by Gasteiger charge is -2.41. The number of ether oxygens (including phenoxy) is 4. The number of aryl methyl sites for hydroxylation is 1. The van der Waals surface area contributed by atoms with E-state index < -0.39 is 51.7 Å². The number of aliphatic hydroxyl groups is 1. The summed E-state index contributed by atoms with van der Waals surface area (Å²) in [5, 5.41) is 11.8. The minimum Gasteiger partial charge on any atom is -0.463 e. The van der Waals surface area contributed by atoms with Gasteiger partial charge < -0.3 is 24.1 Å². The number of rotatable bonds is 18. The zero-order chi connectivity index (χ0) is 39.0. The molecule has 2 saturated carbocycles. The van der Waals surface area contributed by atoms with Crippen molar-refractivity contribution >= 4 is 44.1 Å². The number of thiazole rings is 1. The fourth-order valence-corrected chi connectivity index (χ4v) is 9.40. The van der Waals surface area contributed by atoms with Crippen molar-refractivity contribution in [1.29, 1.82) is 0 Å². The van der Waals surface area contributed by atoms with Gasteiger partial charge in [-0.15, -0.1) is 0 Å². The van der Waals surface area contributed by atoms with E-state index in [1.165, 1.54) is 26.2 Å². The fraction of sp³-hybridized carbons (Fsp3) is 0.667. The molecule has 4 rings (SSSR count). The molecule has 0 saturated heterocycles. The normalized spacial score (nSPS) is 20.9. The number of alkyl halides is 6. The molecule has 1 aromatic carbocycles. The molecule has 1 aromatic heterocycles. The molecular formula is C33H43F6N3O9S2. The second kappa shape index (κ2) is 18.1. The minimum atomic E-state index is -6.10. The van der Waals surface area contributed by atoms with Crippen LogP contribution in [0, 0.1) is 30.6 Å². The van der Waals surface area contributed by atoms with Gasteiger partial charge in [0, 0.05) is 17.7 Å². The van der Waals surface area contributed by atoms with Gasteiger partial charge in [0.15, 0.2) is 9.34 Å². The molecule has 1 amide bonds. The molecule has 0 spiro atoms. The maximum Gasteiger partial charge on any atom is 0.430 e. The predicted octanol–water partition coefficient (Wildman–Crippen LogP) is 5.95. The van der Waals surface area contributed by atoms with E-state index in [2.05, 4.69) is 17.2 Å². The fourth-order valence-electron chi connectivity index (χ4n) is 6.91. The molecule has 2 atom stereocenters. The highest BCUT2D eigenvalue weighted by Crippen LogP contribution is 2.50. The molecule has 298 valence electrons. The van der Waals surface area contributed by atoms with Crippen molar-refractivity contribution in [2.24, 2.45) is 23.7 Å². The Morgan fingerprint density at radius 3 is 1.98 bits per heavy atom. The Balaban J connectivity index is 1.08. The van der Waals surface area contributed by atoms with Crippen LogP contribution in [0.4, 0.5) is 37.2 Å². The highest BCUT2D eigenvalue weighted by atomic mass is 32.2. The van der Waals surface area contributed by atoms with Crippen molar-refractivity contribution < 1.29 is 68.4 Å². The van der Waals surface area contributed by atoms with Crippen LogP contribution in [0.1, 0.15) is 56.7 Å².